The van der Waals surface area contributed by atoms with Gasteiger partial charge >= 0.3 is 6.18 Å². The van der Waals surface area contributed by atoms with Crippen LogP contribution in [0.2, 0.25) is 0 Å². The molecule has 0 bridgehead atoms. The van der Waals surface area contributed by atoms with Crippen LogP contribution in [0.25, 0.3) is 0 Å². The number of rotatable bonds is 4. The van der Waals surface area contributed by atoms with Gasteiger partial charge in [0.2, 0.25) is 0 Å². The number of aliphatic hydroxyl groups excluding tert-OH is 1. The van der Waals surface area contributed by atoms with Gasteiger partial charge < -0.3 is 5.11 Å². The lowest BCUT2D eigenvalue weighted by atomic mass is 10.1. The predicted octanol–water partition coefficient (Wildman–Crippen LogP) is 3.92. The number of aromatic nitrogens is 2. The molecule has 0 spiro atoms. The molecule has 0 radical (unpaired) electrons. The van der Waals surface area contributed by atoms with Gasteiger partial charge in [-0.2, -0.15) is 13.2 Å². The maximum atomic E-state index is 13.0. The van der Waals surface area contributed by atoms with Crippen LogP contribution in [0.5, 0.6) is 0 Å². The first kappa shape index (κ1) is 15.6. The molecule has 0 saturated heterocycles. The Kier molecular flexibility index (Phi) is 4.95. The van der Waals surface area contributed by atoms with Crippen molar-refractivity contribution in [2.24, 2.45) is 0 Å². The molecule has 0 unspecified atom stereocenters. The summed E-state index contributed by atoms with van der Waals surface area (Å²) >= 11 is 3.56. The monoisotopic (exact) mass is 338 g/mol. The number of aliphatic hydroxyl groups is 1. The van der Waals surface area contributed by atoms with Crippen molar-refractivity contribution in [1.29, 1.82) is 0 Å². The van der Waals surface area contributed by atoms with Gasteiger partial charge in [0.25, 0.3) is 0 Å². The molecule has 1 aromatic carbocycles. The lowest BCUT2D eigenvalue weighted by molar-refractivity contribution is -0.139. The van der Waals surface area contributed by atoms with Crippen molar-refractivity contribution in [3.8, 4) is 0 Å². The lowest BCUT2D eigenvalue weighted by Gasteiger charge is -2.12. The van der Waals surface area contributed by atoms with E-state index >= 15 is 0 Å². The van der Waals surface area contributed by atoms with Crippen LogP contribution in [0.3, 0.4) is 0 Å². The van der Waals surface area contributed by atoms with Gasteiger partial charge in [-0.3, -0.25) is 0 Å². The predicted molar refractivity (Wildman–Crippen MR) is 73.2 cm³/mol. The molecule has 3 nitrogen and oxygen atoms in total. The summed E-state index contributed by atoms with van der Waals surface area (Å²) in [4.78, 5) is 0.0542. The Morgan fingerprint density at radius 1 is 1.25 bits per heavy atom. The summed E-state index contributed by atoms with van der Waals surface area (Å²) in [5, 5.41) is 16.6. The number of hydrogen-bond acceptors (Lipinski definition) is 6. The van der Waals surface area contributed by atoms with Gasteiger partial charge in [-0.15, -0.1) is 10.2 Å². The summed E-state index contributed by atoms with van der Waals surface area (Å²) < 4.78 is 40.2. The van der Waals surface area contributed by atoms with E-state index in [1.807, 2.05) is 6.26 Å². The second-order valence-electron chi connectivity index (χ2n) is 3.63. The fourth-order valence-corrected chi connectivity index (χ4v) is 3.93. The highest BCUT2D eigenvalue weighted by molar-refractivity contribution is 8.03. The fraction of sp³-hybridized carbons (Fsp3) is 0.273. The van der Waals surface area contributed by atoms with E-state index in [0.717, 1.165) is 17.8 Å². The van der Waals surface area contributed by atoms with E-state index in [1.165, 1.54) is 35.2 Å². The minimum Gasteiger partial charge on any atom is -0.392 e. The largest absolute Gasteiger partial charge is 0.417 e. The van der Waals surface area contributed by atoms with Gasteiger partial charge in [0.15, 0.2) is 8.68 Å². The number of hydrogen-bond donors (Lipinski definition) is 1. The molecule has 1 aromatic heterocycles. The van der Waals surface area contributed by atoms with Crippen LogP contribution >= 0.6 is 34.9 Å². The molecular formula is C11H9F3N2OS3. The van der Waals surface area contributed by atoms with Crippen LogP contribution in [0, 0.1) is 0 Å². The molecular weight excluding hydrogens is 329 g/mol. The van der Waals surface area contributed by atoms with Crippen LogP contribution in [-0.2, 0) is 12.8 Å². The lowest BCUT2D eigenvalue weighted by Crippen LogP contribution is -2.07. The Morgan fingerprint density at radius 2 is 1.95 bits per heavy atom. The summed E-state index contributed by atoms with van der Waals surface area (Å²) in [6.45, 7) is -0.427. The molecule has 0 amide bonds. The van der Waals surface area contributed by atoms with E-state index in [9.17, 15) is 13.2 Å². The van der Waals surface area contributed by atoms with E-state index in [0.29, 0.717) is 8.68 Å². The maximum absolute atomic E-state index is 13.0. The number of nitrogens with zero attached hydrogens (tertiary/aromatic N) is 2. The molecule has 0 fully saturated rings. The number of benzene rings is 1. The zero-order valence-electron chi connectivity index (χ0n) is 10.1. The smallest absolute Gasteiger partial charge is 0.392 e. The van der Waals surface area contributed by atoms with E-state index in [1.54, 1.807) is 0 Å². The number of thioether (sulfide) groups is 1. The third kappa shape index (κ3) is 3.66. The molecule has 0 aliphatic carbocycles. The van der Waals surface area contributed by atoms with Gasteiger partial charge in [-0.05, 0) is 24.0 Å². The SMILES string of the molecule is CSc1nnc(Sc2ccc(CO)cc2C(F)(F)F)s1. The van der Waals surface area contributed by atoms with Crippen LogP contribution in [0.4, 0.5) is 13.2 Å². The topological polar surface area (TPSA) is 46.0 Å². The highest BCUT2D eigenvalue weighted by atomic mass is 32.2. The zero-order chi connectivity index (χ0) is 14.8. The molecule has 0 saturated carbocycles. The van der Waals surface area contributed by atoms with Crippen LogP contribution in [0.1, 0.15) is 11.1 Å². The molecule has 2 aromatic rings. The van der Waals surface area contributed by atoms with Gasteiger partial charge in [-0.25, -0.2) is 0 Å². The van der Waals surface area contributed by atoms with Crippen molar-refractivity contribution in [2.45, 2.75) is 26.4 Å². The quantitative estimate of drug-likeness (QED) is 0.856. The van der Waals surface area contributed by atoms with Gasteiger partial charge in [0.1, 0.15) is 0 Å². The first-order chi connectivity index (χ1) is 9.44. The van der Waals surface area contributed by atoms with Crippen LogP contribution < -0.4 is 0 Å². The average molecular weight is 338 g/mol. The van der Waals surface area contributed by atoms with Crippen molar-refractivity contribution in [2.75, 3.05) is 6.26 Å². The van der Waals surface area contributed by atoms with Gasteiger partial charge in [0.05, 0.1) is 12.2 Å². The summed E-state index contributed by atoms with van der Waals surface area (Å²) in [5.74, 6) is 0. The molecule has 0 aliphatic rings. The highest BCUT2D eigenvalue weighted by Gasteiger charge is 2.34. The second kappa shape index (κ2) is 6.33. The Labute approximate surface area is 125 Å². The summed E-state index contributed by atoms with van der Waals surface area (Å²) in [6, 6.07) is 3.77. The standard InChI is InChI=1S/C11H9F3N2OS3/c1-18-9-15-16-10(20-9)19-8-3-2-6(5-17)4-7(8)11(12,13)14/h2-4,17H,5H2,1H3. The van der Waals surface area contributed by atoms with Gasteiger partial charge in [0, 0.05) is 4.90 Å². The average Bonchev–Trinajstić information content (AvgIpc) is 2.85. The van der Waals surface area contributed by atoms with Crippen molar-refractivity contribution < 1.29 is 18.3 Å². The third-order valence-corrected chi connectivity index (χ3v) is 5.32. The summed E-state index contributed by atoms with van der Waals surface area (Å²) in [7, 11) is 0. The van der Waals surface area contributed by atoms with Crippen molar-refractivity contribution in [3.05, 3.63) is 29.3 Å². The molecule has 0 aliphatic heterocycles. The maximum Gasteiger partial charge on any atom is 0.417 e. The third-order valence-electron chi connectivity index (χ3n) is 2.29. The van der Waals surface area contributed by atoms with Crippen LogP contribution in [0.15, 0.2) is 31.8 Å². The Morgan fingerprint density at radius 3 is 2.50 bits per heavy atom. The minimum absolute atomic E-state index is 0.0542. The second-order valence-corrected chi connectivity index (χ2v) is 6.95. The Balaban J connectivity index is 2.35. The van der Waals surface area contributed by atoms with Crippen molar-refractivity contribution in [3.63, 3.8) is 0 Å². The molecule has 108 valence electrons. The molecule has 1 heterocycles. The molecule has 0 atom stereocenters. The minimum atomic E-state index is -4.47. The molecule has 2 rings (SSSR count). The number of alkyl halides is 3. The Bertz CT molecular complexity index is 601. The first-order valence-electron chi connectivity index (χ1n) is 5.30. The molecule has 1 N–H and O–H groups in total. The fourth-order valence-electron chi connectivity index (χ4n) is 1.40. The summed E-state index contributed by atoms with van der Waals surface area (Å²) in [6.07, 6.45) is -2.65. The number of halogens is 3. The van der Waals surface area contributed by atoms with E-state index < -0.39 is 18.3 Å². The van der Waals surface area contributed by atoms with Crippen LogP contribution in [-0.4, -0.2) is 21.6 Å². The Hall–Kier alpha value is -0.770. The highest BCUT2D eigenvalue weighted by Crippen LogP contribution is 2.41. The molecule has 20 heavy (non-hydrogen) atoms. The van der Waals surface area contributed by atoms with E-state index in [4.69, 9.17) is 5.11 Å². The van der Waals surface area contributed by atoms with Gasteiger partial charge in [-0.1, -0.05) is 40.9 Å². The van der Waals surface area contributed by atoms with Crippen molar-refractivity contribution >= 4 is 34.9 Å². The first-order valence-corrected chi connectivity index (χ1v) is 8.16. The summed E-state index contributed by atoms with van der Waals surface area (Å²) in [5.41, 5.74) is -0.543. The normalized spacial score (nSPS) is 11.8. The zero-order valence-corrected chi connectivity index (χ0v) is 12.6. The van der Waals surface area contributed by atoms with E-state index in [-0.39, 0.29) is 10.5 Å². The van der Waals surface area contributed by atoms with Crippen molar-refractivity contribution in [1.82, 2.24) is 10.2 Å². The molecule has 9 heteroatoms. The van der Waals surface area contributed by atoms with E-state index in [2.05, 4.69) is 10.2 Å².